The molecule has 0 bridgehead atoms. The lowest BCUT2D eigenvalue weighted by atomic mass is 9.95. The maximum atomic E-state index is 12.7. The Kier molecular flexibility index (Phi) is 13.0. The van der Waals surface area contributed by atoms with Gasteiger partial charge in [0, 0.05) is 0 Å². The Morgan fingerprint density at radius 1 is 0.632 bits per heavy atom. The fourth-order valence-electron chi connectivity index (χ4n) is 4.69. The van der Waals surface area contributed by atoms with Crippen molar-refractivity contribution in [1.82, 2.24) is 0 Å². The summed E-state index contributed by atoms with van der Waals surface area (Å²) in [6.07, 6.45) is 13.9. The Morgan fingerprint density at radius 2 is 1.16 bits per heavy atom. The Hall–Kier alpha value is -3.07. The monoisotopic (exact) mass is 514 g/mol. The van der Waals surface area contributed by atoms with Crippen LogP contribution in [0.2, 0.25) is 0 Å². The molecule has 38 heavy (non-hydrogen) atoms. The molecule has 3 aromatic rings. The second-order valence-corrected chi connectivity index (χ2v) is 10.4. The molecule has 3 rings (SSSR count). The first-order chi connectivity index (χ1) is 18.6. The van der Waals surface area contributed by atoms with E-state index in [2.05, 4.69) is 45.0 Å². The van der Waals surface area contributed by atoms with Crippen LogP contribution in [0.4, 0.5) is 0 Å². The number of unbranched alkanes of at least 4 members (excludes halogenated alkanes) is 8. The summed E-state index contributed by atoms with van der Waals surface area (Å²) < 4.78 is 11.5. The zero-order valence-electron chi connectivity index (χ0n) is 23.7. The van der Waals surface area contributed by atoms with E-state index in [-0.39, 0.29) is 5.97 Å². The predicted octanol–water partition coefficient (Wildman–Crippen LogP) is 10.4. The van der Waals surface area contributed by atoms with Gasteiger partial charge in [0.2, 0.25) is 0 Å². The van der Waals surface area contributed by atoms with E-state index in [0.29, 0.717) is 17.2 Å². The summed E-state index contributed by atoms with van der Waals surface area (Å²) in [5.41, 5.74) is 3.99. The first-order valence-electron chi connectivity index (χ1n) is 14.8. The van der Waals surface area contributed by atoms with Crippen LogP contribution in [0.3, 0.4) is 0 Å². The molecule has 204 valence electrons. The Labute approximate surface area is 230 Å². The molecule has 0 heterocycles. The average Bonchev–Trinajstić information content (AvgIpc) is 2.95. The zero-order valence-corrected chi connectivity index (χ0v) is 23.7. The molecule has 0 amide bonds. The van der Waals surface area contributed by atoms with Crippen LogP contribution in [0, 0.1) is 0 Å². The number of rotatable bonds is 17. The quantitative estimate of drug-likeness (QED) is 0.102. The van der Waals surface area contributed by atoms with Crippen molar-refractivity contribution in [3.05, 3.63) is 83.9 Å². The Bertz CT molecular complexity index is 1050. The molecule has 0 unspecified atom stereocenters. The van der Waals surface area contributed by atoms with E-state index >= 15 is 0 Å². The van der Waals surface area contributed by atoms with Gasteiger partial charge in [-0.2, -0.15) is 0 Å². The summed E-state index contributed by atoms with van der Waals surface area (Å²) in [5.74, 6) is 1.66. The van der Waals surface area contributed by atoms with Crippen molar-refractivity contribution in [2.45, 2.75) is 97.3 Å². The lowest BCUT2D eigenvalue weighted by Crippen LogP contribution is -2.08. The normalized spacial score (nSPS) is 11.8. The second-order valence-electron chi connectivity index (χ2n) is 10.4. The van der Waals surface area contributed by atoms with Crippen molar-refractivity contribution in [2.24, 2.45) is 0 Å². The summed E-state index contributed by atoms with van der Waals surface area (Å²) in [6, 6.07) is 23.7. The van der Waals surface area contributed by atoms with Crippen molar-refractivity contribution < 1.29 is 14.3 Å². The molecule has 0 N–H and O–H groups in total. The first kappa shape index (κ1) is 29.5. The van der Waals surface area contributed by atoms with Crippen LogP contribution >= 0.6 is 0 Å². The lowest BCUT2D eigenvalue weighted by molar-refractivity contribution is 0.0734. The molecule has 0 aliphatic carbocycles. The summed E-state index contributed by atoms with van der Waals surface area (Å²) >= 11 is 0. The summed E-state index contributed by atoms with van der Waals surface area (Å²) in [4.78, 5) is 12.7. The Morgan fingerprint density at radius 3 is 1.79 bits per heavy atom. The van der Waals surface area contributed by atoms with E-state index < -0.39 is 0 Å². The van der Waals surface area contributed by atoms with E-state index in [9.17, 15) is 4.79 Å². The number of ether oxygens (including phenoxy) is 2. The number of esters is 1. The van der Waals surface area contributed by atoms with E-state index in [1.54, 1.807) is 0 Å². The van der Waals surface area contributed by atoms with Crippen LogP contribution in [0.1, 0.15) is 113 Å². The minimum atomic E-state index is -0.338. The molecule has 0 saturated heterocycles. The highest BCUT2D eigenvalue weighted by Gasteiger charge is 2.11. The molecule has 3 heteroatoms. The molecule has 1 atom stereocenters. The third kappa shape index (κ3) is 10.0. The van der Waals surface area contributed by atoms with Gasteiger partial charge in [-0.25, -0.2) is 4.79 Å². The van der Waals surface area contributed by atoms with Gasteiger partial charge < -0.3 is 9.47 Å². The molecule has 0 saturated carbocycles. The number of benzene rings is 3. The van der Waals surface area contributed by atoms with Crippen LogP contribution < -0.4 is 9.47 Å². The van der Waals surface area contributed by atoms with Gasteiger partial charge in [-0.05, 0) is 71.8 Å². The van der Waals surface area contributed by atoms with Crippen LogP contribution in [0.5, 0.6) is 11.5 Å². The average molecular weight is 515 g/mol. The molecule has 0 aromatic heterocycles. The van der Waals surface area contributed by atoms with Crippen molar-refractivity contribution in [3.63, 3.8) is 0 Å². The highest BCUT2D eigenvalue weighted by Crippen LogP contribution is 2.26. The van der Waals surface area contributed by atoms with Crippen molar-refractivity contribution >= 4 is 5.97 Å². The number of hydrogen-bond acceptors (Lipinski definition) is 3. The molecule has 3 aromatic carbocycles. The van der Waals surface area contributed by atoms with E-state index in [4.69, 9.17) is 9.47 Å². The van der Waals surface area contributed by atoms with Crippen LogP contribution in [0.15, 0.2) is 72.8 Å². The number of carbonyl (C=O) groups excluding carboxylic acids is 1. The SMILES string of the molecule is CCCCCCCCOc1ccc(-c2ccc(C(=O)Oc3ccc([C@H](C)CCCCCC)cc3)cc2)cc1. The minimum Gasteiger partial charge on any atom is -0.494 e. The highest BCUT2D eigenvalue weighted by atomic mass is 16.5. The fraction of sp³-hybridized carbons (Fsp3) is 0.457. The fourth-order valence-corrected chi connectivity index (χ4v) is 4.69. The zero-order chi connectivity index (χ0) is 27.0. The topological polar surface area (TPSA) is 35.5 Å². The maximum absolute atomic E-state index is 12.7. The van der Waals surface area contributed by atoms with Gasteiger partial charge in [-0.3, -0.25) is 0 Å². The van der Waals surface area contributed by atoms with Gasteiger partial charge in [0.25, 0.3) is 0 Å². The summed E-state index contributed by atoms with van der Waals surface area (Å²) in [5, 5.41) is 0. The molecule has 0 fully saturated rings. The van der Waals surface area contributed by atoms with Gasteiger partial charge in [0.05, 0.1) is 12.2 Å². The van der Waals surface area contributed by atoms with E-state index in [1.165, 1.54) is 69.8 Å². The van der Waals surface area contributed by atoms with Crippen molar-refractivity contribution in [1.29, 1.82) is 0 Å². The third-order valence-corrected chi connectivity index (χ3v) is 7.23. The standard InChI is InChI=1S/C35H46O3/c1-4-6-8-10-11-13-27-37-33-23-21-31(22-24-33)30-15-17-32(18-16-30)35(36)38-34-25-19-29(20-26-34)28(3)14-12-9-7-5-2/h15-26,28H,4-14,27H2,1-3H3/t28-/m1/s1. The molecule has 0 spiro atoms. The predicted molar refractivity (Wildman–Crippen MR) is 159 cm³/mol. The molecular weight excluding hydrogens is 468 g/mol. The molecule has 0 aliphatic rings. The van der Waals surface area contributed by atoms with Crippen LogP contribution in [-0.4, -0.2) is 12.6 Å². The van der Waals surface area contributed by atoms with Crippen molar-refractivity contribution in [3.8, 4) is 22.6 Å². The first-order valence-corrected chi connectivity index (χ1v) is 14.8. The second kappa shape index (κ2) is 16.7. The van der Waals surface area contributed by atoms with Crippen LogP contribution in [0.25, 0.3) is 11.1 Å². The summed E-state index contributed by atoms with van der Waals surface area (Å²) in [6.45, 7) is 7.52. The van der Waals surface area contributed by atoms with Crippen molar-refractivity contribution in [2.75, 3.05) is 6.61 Å². The van der Waals surface area contributed by atoms with E-state index in [1.807, 2.05) is 48.5 Å². The van der Waals surface area contributed by atoms with Gasteiger partial charge in [-0.1, -0.05) is 115 Å². The largest absolute Gasteiger partial charge is 0.494 e. The smallest absolute Gasteiger partial charge is 0.343 e. The van der Waals surface area contributed by atoms with Gasteiger partial charge >= 0.3 is 5.97 Å². The third-order valence-electron chi connectivity index (χ3n) is 7.23. The van der Waals surface area contributed by atoms with Gasteiger partial charge in [0.1, 0.15) is 11.5 Å². The molecular formula is C35H46O3. The molecule has 0 aliphatic heterocycles. The highest BCUT2D eigenvalue weighted by molar-refractivity contribution is 5.91. The number of hydrogen-bond donors (Lipinski definition) is 0. The Balaban J connectivity index is 1.45. The minimum absolute atomic E-state index is 0.338. The van der Waals surface area contributed by atoms with Gasteiger partial charge in [-0.15, -0.1) is 0 Å². The lowest BCUT2D eigenvalue weighted by Gasteiger charge is -2.12. The maximum Gasteiger partial charge on any atom is 0.343 e. The van der Waals surface area contributed by atoms with Gasteiger partial charge in [0.15, 0.2) is 0 Å². The summed E-state index contributed by atoms with van der Waals surface area (Å²) in [7, 11) is 0. The molecule has 3 nitrogen and oxygen atoms in total. The molecule has 0 radical (unpaired) electrons. The number of carbonyl (C=O) groups is 1. The van der Waals surface area contributed by atoms with Crippen LogP contribution in [-0.2, 0) is 0 Å². The van der Waals surface area contributed by atoms with E-state index in [0.717, 1.165) is 29.9 Å².